The third-order valence-electron chi connectivity index (χ3n) is 3.33. The maximum Gasteiger partial charge on any atom is 1.00 e. The molecule has 3 rings (SSSR count). The molecule has 0 fully saturated rings. The maximum absolute atomic E-state index is 12.5. The van der Waals surface area contributed by atoms with Gasteiger partial charge in [-0.3, -0.25) is 9.89 Å². The number of nitrogens with one attached hydrogen (secondary N) is 1. The predicted octanol–water partition coefficient (Wildman–Crippen LogP) is -3.94. The van der Waals surface area contributed by atoms with Crippen LogP contribution < -0.4 is 69.8 Å². The molecule has 1 heterocycles. The standard InChI is InChI=1S/C17H13N4O3.2Na/c1-11-7-9-13(10-8-11)21-16(22)14(15(20-21)17(23)24)19-18-12-5-3-2-4-6-12;;/h3-10,20H,1H3,(H,23,24);;/q-1;2*+1/p-1. The molecule has 0 saturated heterocycles. The van der Waals surface area contributed by atoms with Crippen LogP contribution in [0.25, 0.3) is 5.69 Å². The Balaban J connectivity index is 0.00000169. The van der Waals surface area contributed by atoms with E-state index in [0.29, 0.717) is 11.4 Å². The molecule has 0 atom stereocenters. The van der Waals surface area contributed by atoms with Gasteiger partial charge in [0.2, 0.25) is 0 Å². The molecule has 0 bridgehead atoms. The van der Waals surface area contributed by atoms with Crippen molar-refractivity contribution in [2.45, 2.75) is 6.92 Å². The smallest absolute Gasteiger partial charge is 0.543 e. The number of azo groups is 1. The minimum Gasteiger partial charge on any atom is -0.543 e. The first-order chi connectivity index (χ1) is 11.6. The molecule has 0 spiro atoms. The fourth-order valence-electron chi connectivity index (χ4n) is 2.09. The van der Waals surface area contributed by atoms with Gasteiger partial charge in [-0.05, 0) is 24.7 Å². The van der Waals surface area contributed by atoms with Crippen molar-refractivity contribution < 1.29 is 69.0 Å². The van der Waals surface area contributed by atoms with Gasteiger partial charge in [0, 0.05) is 0 Å². The number of carbonyl (C=O) groups excluding carboxylic acids is 1. The SMILES string of the molecule is Cc1ccc(-n2[nH]c(C(=O)[O-])c(N=Nc3cc[c-]cc3)c2=O)cc1.[Na+].[Na+]. The second-order valence-corrected chi connectivity index (χ2v) is 5.06. The summed E-state index contributed by atoms with van der Waals surface area (Å²) in [6.45, 7) is 1.91. The van der Waals surface area contributed by atoms with Crippen LogP contribution in [-0.2, 0) is 0 Å². The number of rotatable bonds is 4. The average Bonchev–Trinajstić information content (AvgIpc) is 2.92. The summed E-state index contributed by atoms with van der Waals surface area (Å²) in [5.41, 5.74) is 0.614. The van der Waals surface area contributed by atoms with E-state index in [9.17, 15) is 14.7 Å². The molecular formula is C17H12N4Na2O3. The Hall–Kier alpha value is -1.48. The Labute approximate surface area is 193 Å². The molecule has 3 aromatic rings. The molecule has 1 N–H and O–H groups in total. The first-order valence-corrected chi connectivity index (χ1v) is 7.07. The summed E-state index contributed by atoms with van der Waals surface area (Å²) in [4.78, 5) is 23.8. The van der Waals surface area contributed by atoms with Crippen LogP contribution in [0, 0.1) is 13.0 Å². The number of benzene rings is 2. The molecule has 0 amide bonds. The first-order valence-electron chi connectivity index (χ1n) is 7.07. The van der Waals surface area contributed by atoms with E-state index < -0.39 is 17.2 Å². The molecule has 7 nitrogen and oxygen atoms in total. The molecular weight excluding hydrogens is 354 g/mol. The van der Waals surface area contributed by atoms with E-state index >= 15 is 0 Å². The van der Waals surface area contributed by atoms with Crippen molar-refractivity contribution >= 4 is 17.3 Å². The van der Waals surface area contributed by atoms with Crippen molar-refractivity contribution in [1.82, 2.24) is 9.78 Å². The Bertz CT molecular complexity index is 964. The average molecular weight is 366 g/mol. The molecule has 1 aromatic heterocycles. The van der Waals surface area contributed by atoms with Crippen molar-refractivity contribution in [2.75, 3.05) is 0 Å². The monoisotopic (exact) mass is 366 g/mol. The van der Waals surface area contributed by atoms with Crippen LogP contribution in [0.15, 0.2) is 63.6 Å². The van der Waals surface area contributed by atoms with E-state index in [1.165, 1.54) is 0 Å². The minimum atomic E-state index is -1.53. The van der Waals surface area contributed by atoms with Gasteiger partial charge in [0.15, 0.2) is 5.69 Å². The second-order valence-electron chi connectivity index (χ2n) is 5.06. The number of aromatic carboxylic acids is 1. The number of nitrogens with zero attached hydrogens (tertiary/aromatic N) is 3. The van der Waals surface area contributed by atoms with E-state index in [0.717, 1.165) is 10.2 Å². The Kier molecular flexibility index (Phi) is 8.69. The molecule has 0 unspecified atom stereocenters. The summed E-state index contributed by atoms with van der Waals surface area (Å²) < 4.78 is 1.09. The van der Waals surface area contributed by atoms with E-state index in [-0.39, 0.29) is 64.8 Å². The fraction of sp³-hybridized carbons (Fsp3) is 0.0588. The van der Waals surface area contributed by atoms with Crippen molar-refractivity contribution in [3.63, 3.8) is 0 Å². The van der Waals surface area contributed by atoms with Crippen LogP contribution in [0.1, 0.15) is 16.1 Å². The zero-order chi connectivity index (χ0) is 17.1. The molecule has 0 radical (unpaired) electrons. The van der Waals surface area contributed by atoms with Gasteiger partial charge < -0.3 is 9.90 Å². The van der Waals surface area contributed by atoms with Gasteiger partial charge in [0.05, 0.1) is 11.7 Å². The van der Waals surface area contributed by atoms with Crippen molar-refractivity contribution in [3.8, 4) is 5.69 Å². The van der Waals surface area contributed by atoms with E-state index in [2.05, 4.69) is 21.4 Å². The zero-order valence-electron chi connectivity index (χ0n) is 14.7. The van der Waals surface area contributed by atoms with E-state index in [1.54, 1.807) is 36.4 Å². The normalized spacial score (nSPS) is 10.2. The number of H-pyrrole nitrogens is 1. The fourth-order valence-corrected chi connectivity index (χ4v) is 2.09. The Morgan fingerprint density at radius 3 is 2.27 bits per heavy atom. The molecule has 0 aliphatic heterocycles. The predicted molar refractivity (Wildman–Crippen MR) is 84.9 cm³/mol. The Morgan fingerprint density at radius 2 is 1.69 bits per heavy atom. The van der Waals surface area contributed by atoms with Crippen LogP contribution in [0.2, 0.25) is 0 Å². The number of hydrogen-bond donors (Lipinski definition) is 1. The van der Waals surface area contributed by atoms with Gasteiger partial charge in [0.1, 0.15) is 5.69 Å². The number of hydrogen-bond acceptors (Lipinski definition) is 5. The molecule has 120 valence electrons. The number of aromatic nitrogens is 2. The van der Waals surface area contributed by atoms with Crippen LogP contribution in [0.5, 0.6) is 0 Å². The van der Waals surface area contributed by atoms with E-state index in [4.69, 9.17) is 0 Å². The number of carbonyl (C=O) groups is 1. The maximum atomic E-state index is 12.5. The molecule has 0 saturated carbocycles. The number of aryl methyl sites for hydroxylation is 1. The molecule has 9 heteroatoms. The summed E-state index contributed by atoms with van der Waals surface area (Å²) >= 11 is 0. The first kappa shape index (κ1) is 22.6. The summed E-state index contributed by atoms with van der Waals surface area (Å²) in [6.07, 6.45) is 0. The van der Waals surface area contributed by atoms with E-state index in [1.807, 2.05) is 19.1 Å². The molecule has 2 aromatic carbocycles. The molecule has 0 aliphatic rings. The number of carboxylic acids is 1. The third-order valence-corrected chi connectivity index (χ3v) is 3.33. The van der Waals surface area contributed by atoms with Crippen LogP contribution >= 0.6 is 0 Å². The summed E-state index contributed by atoms with van der Waals surface area (Å²) in [5, 5.41) is 21.5. The minimum absolute atomic E-state index is 0. The van der Waals surface area contributed by atoms with Crippen molar-refractivity contribution in [2.24, 2.45) is 10.2 Å². The molecule has 26 heavy (non-hydrogen) atoms. The van der Waals surface area contributed by atoms with Crippen molar-refractivity contribution in [1.29, 1.82) is 0 Å². The number of carboxylic acid groups (broad SMARTS) is 1. The molecule has 0 aliphatic carbocycles. The zero-order valence-corrected chi connectivity index (χ0v) is 18.7. The topological polar surface area (TPSA) is 103 Å². The van der Waals surface area contributed by atoms with Gasteiger partial charge in [-0.1, -0.05) is 17.7 Å². The largest absolute Gasteiger partial charge is 1.00 e. The van der Waals surface area contributed by atoms with Gasteiger partial charge in [0.25, 0.3) is 5.56 Å². The van der Waals surface area contributed by atoms with Crippen LogP contribution in [0.4, 0.5) is 11.4 Å². The van der Waals surface area contributed by atoms with Crippen LogP contribution in [0.3, 0.4) is 0 Å². The van der Waals surface area contributed by atoms with Gasteiger partial charge in [-0.15, -0.1) is 17.2 Å². The third kappa shape index (κ3) is 5.03. The number of aromatic amines is 1. The van der Waals surface area contributed by atoms with Gasteiger partial charge in [-0.2, -0.15) is 23.3 Å². The Morgan fingerprint density at radius 1 is 1.08 bits per heavy atom. The van der Waals surface area contributed by atoms with Crippen LogP contribution in [-0.4, -0.2) is 15.7 Å². The second kappa shape index (κ2) is 10.0. The van der Waals surface area contributed by atoms with Crippen molar-refractivity contribution in [3.05, 3.63) is 76.2 Å². The summed E-state index contributed by atoms with van der Waals surface area (Å²) in [7, 11) is 0. The summed E-state index contributed by atoms with van der Waals surface area (Å²) in [5.74, 6) is -1.53. The van der Waals surface area contributed by atoms with Gasteiger partial charge in [-0.25, -0.2) is 4.68 Å². The summed E-state index contributed by atoms with van der Waals surface area (Å²) in [6, 6.07) is 16.4. The van der Waals surface area contributed by atoms with Gasteiger partial charge >= 0.3 is 59.1 Å². The quantitative estimate of drug-likeness (QED) is 0.290.